The Kier molecular flexibility index (Phi) is 5.61. The van der Waals surface area contributed by atoms with Gasteiger partial charge in [0.05, 0.1) is 23.7 Å². The quantitative estimate of drug-likeness (QED) is 0.829. The Hall–Kier alpha value is -2.34. The van der Waals surface area contributed by atoms with Gasteiger partial charge in [-0.25, -0.2) is 0 Å². The van der Waals surface area contributed by atoms with Gasteiger partial charge in [-0.15, -0.1) is 0 Å². The zero-order valence-electron chi connectivity index (χ0n) is 15.7. The molecule has 0 spiro atoms. The van der Waals surface area contributed by atoms with Gasteiger partial charge in [0.2, 0.25) is 11.8 Å². The minimum atomic E-state index is -0.285. The topological polar surface area (TPSA) is 63.6 Å². The van der Waals surface area contributed by atoms with Crippen LogP contribution in [0, 0.1) is 11.8 Å². The van der Waals surface area contributed by atoms with Crippen LogP contribution in [0.4, 0.5) is 5.69 Å². The van der Waals surface area contributed by atoms with Crippen molar-refractivity contribution in [2.45, 2.75) is 26.8 Å². The number of carbonyl (C=O) groups excluding carboxylic acids is 2. The van der Waals surface area contributed by atoms with E-state index in [9.17, 15) is 9.59 Å². The third kappa shape index (κ3) is 3.90. The zero-order chi connectivity index (χ0) is 18.7. The van der Waals surface area contributed by atoms with E-state index in [4.69, 9.17) is 4.74 Å². The van der Waals surface area contributed by atoms with Gasteiger partial charge >= 0.3 is 0 Å². The molecule has 0 unspecified atom stereocenters. The van der Waals surface area contributed by atoms with E-state index in [1.807, 2.05) is 30.5 Å². The van der Waals surface area contributed by atoms with Crippen molar-refractivity contribution in [1.29, 1.82) is 0 Å². The van der Waals surface area contributed by atoms with Crippen LogP contribution < -0.4 is 5.32 Å². The van der Waals surface area contributed by atoms with Crippen LogP contribution in [0.3, 0.4) is 0 Å². The number of ether oxygens (including phenoxy) is 1. The molecule has 6 heteroatoms. The van der Waals surface area contributed by atoms with Crippen molar-refractivity contribution in [2.75, 3.05) is 32.1 Å². The van der Waals surface area contributed by atoms with Gasteiger partial charge in [-0.05, 0) is 24.1 Å². The van der Waals surface area contributed by atoms with Crippen molar-refractivity contribution < 1.29 is 14.3 Å². The highest BCUT2D eigenvalue weighted by Crippen LogP contribution is 2.27. The molecule has 0 aliphatic carbocycles. The molecule has 6 nitrogen and oxygen atoms in total. The Morgan fingerprint density at radius 2 is 2.15 bits per heavy atom. The Balaban J connectivity index is 1.72. The van der Waals surface area contributed by atoms with Crippen molar-refractivity contribution in [2.24, 2.45) is 11.8 Å². The van der Waals surface area contributed by atoms with Crippen LogP contribution in [-0.4, -0.2) is 48.1 Å². The standard InChI is InChI=1S/C20H27N3O3/c1-14(2)12-23-13-15(11-19(23)24)20(25)21-17-5-4-6-18-16(17)7-8-22(18)9-10-26-3/h4-8,14-15H,9-13H2,1-3H3,(H,21,25)/t15-/m1/s1. The minimum Gasteiger partial charge on any atom is -0.383 e. The number of nitrogens with zero attached hydrogens (tertiary/aromatic N) is 2. The zero-order valence-corrected chi connectivity index (χ0v) is 15.7. The smallest absolute Gasteiger partial charge is 0.229 e. The number of amides is 2. The number of likely N-dealkylation sites (tertiary alicyclic amines) is 1. The Labute approximate surface area is 154 Å². The summed E-state index contributed by atoms with van der Waals surface area (Å²) in [6.07, 6.45) is 2.30. The van der Waals surface area contributed by atoms with Crippen molar-refractivity contribution in [1.82, 2.24) is 9.47 Å². The molecular formula is C20H27N3O3. The van der Waals surface area contributed by atoms with Crippen LogP contribution in [0.25, 0.3) is 10.9 Å². The Morgan fingerprint density at radius 1 is 1.35 bits per heavy atom. The summed E-state index contributed by atoms with van der Waals surface area (Å²) in [5.41, 5.74) is 1.85. The molecule has 1 N–H and O–H groups in total. The van der Waals surface area contributed by atoms with Crippen LogP contribution in [-0.2, 0) is 20.9 Å². The molecule has 1 aliphatic heterocycles. The summed E-state index contributed by atoms with van der Waals surface area (Å²) in [4.78, 5) is 26.6. The molecule has 1 atom stereocenters. The lowest BCUT2D eigenvalue weighted by molar-refractivity contribution is -0.128. The molecular weight excluding hydrogens is 330 g/mol. The SMILES string of the molecule is COCCn1ccc2c(NC(=O)[C@@H]3CC(=O)N(CC(C)C)C3)cccc21. The summed E-state index contributed by atoms with van der Waals surface area (Å²) in [7, 11) is 1.68. The van der Waals surface area contributed by atoms with E-state index in [1.165, 1.54) is 0 Å². The molecule has 3 rings (SSSR count). The van der Waals surface area contributed by atoms with Crippen LogP contribution in [0.15, 0.2) is 30.5 Å². The normalized spacial score (nSPS) is 17.5. The first-order chi connectivity index (χ1) is 12.5. The van der Waals surface area contributed by atoms with Crippen molar-refractivity contribution in [3.05, 3.63) is 30.5 Å². The summed E-state index contributed by atoms with van der Waals surface area (Å²) in [5.74, 6) is 0.109. The second-order valence-electron chi connectivity index (χ2n) is 7.32. The average Bonchev–Trinajstić information content (AvgIpc) is 3.17. The van der Waals surface area contributed by atoms with E-state index in [0.29, 0.717) is 32.0 Å². The second-order valence-corrected chi connectivity index (χ2v) is 7.32. The largest absolute Gasteiger partial charge is 0.383 e. The van der Waals surface area contributed by atoms with E-state index in [2.05, 4.69) is 23.7 Å². The number of rotatable bonds is 7. The van der Waals surface area contributed by atoms with E-state index in [0.717, 1.165) is 23.1 Å². The summed E-state index contributed by atoms with van der Waals surface area (Å²) in [6, 6.07) is 7.88. The number of hydrogen-bond donors (Lipinski definition) is 1. The van der Waals surface area contributed by atoms with Gasteiger partial charge in [-0.1, -0.05) is 19.9 Å². The monoisotopic (exact) mass is 357 g/mol. The van der Waals surface area contributed by atoms with E-state index < -0.39 is 0 Å². The molecule has 0 bridgehead atoms. The van der Waals surface area contributed by atoms with Gasteiger partial charge in [0.15, 0.2) is 0 Å². The minimum absolute atomic E-state index is 0.0720. The first kappa shape index (κ1) is 18.5. The third-order valence-electron chi connectivity index (χ3n) is 4.78. The average molecular weight is 357 g/mol. The van der Waals surface area contributed by atoms with Crippen LogP contribution in [0.1, 0.15) is 20.3 Å². The summed E-state index contributed by atoms with van der Waals surface area (Å²) < 4.78 is 7.26. The third-order valence-corrected chi connectivity index (χ3v) is 4.78. The fraction of sp³-hybridized carbons (Fsp3) is 0.500. The summed E-state index contributed by atoms with van der Waals surface area (Å²) >= 11 is 0. The first-order valence-electron chi connectivity index (χ1n) is 9.15. The first-order valence-corrected chi connectivity index (χ1v) is 9.15. The molecule has 1 aromatic carbocycles. The summed E-state index contributed by atoms with van der Waals surface area (Å²) in [5, 5.41) is 4.03. The van der Waals surface area contributed by atoms with Crippen molar-refractivity contribution >= 4 is 28.4 Å². The lowest BCUT2D eigenvalue weighted by Gasteiger charge is -2.18. The number of anilines is 1. The van der Waals surface area contributed by atoms with Crippen LogP contribution in [0.5, 0.6) is 0 Å². The number of aromatic nitrogens is 1. The maximum Gasteiger partial charge on any atom is 0.229 e. The van der Waals surface area contributed by atoms with Crippen molar-refractivity contribution in [3.63, 3.8) is 0 Å². The Morgan fingerprint density at radius 3 is 2.88 bits per heavy atom. The fourth-order valence-corrected chi connectivity index (χ4v) is 3.52. The molecule has 1 saturated heterocycles. The summed E-state index contributed by atoms with van der Waals surface area (Å²) in [6.45, 7) is 6.77. The molecule has 140 valence electrons. The molecule has 1 fully saturated rings. The van der Waals surface area contributed by atoms with Gasteiger partial charge in [0.25, 0.3) is 0 Å². The molecule has 2 amide bonds. The fourth-order valence-electron chi connectivity index (χ4n) is 3.52. The molecule has 1 aromatic heterocycles. The van der Waals surface area contributed by atoms with Gasteiger partial charge in [0.1, 0.15) is 0 Å². The molecule has 26 heavy (non-hydrogen) atoms. The number of methoxy groups -OCH3 is 1. The van der Waals surface area contributed by atoms with Gasteiger partial charge in [-0.2, -0.15) is 0 Å². The van der Waals surface area contributed by atoms with Crippen LogP contribution >= 0.6 is 0 Å². The molecule has 0 saturated carbocycles. The maximum atomic E-state index is 12.7. The molecule has 0 radical (unpaired) electrons. The van der Waals surface area contributed by atoms with Gasteiger partial charge in [0, 0.05) is 44.7 Å². The highest BCUT2D eigenvalue weighted by atomic mass is 16.5. The van der Waals surface area contributed by atoms with Crippen molar-refractivity contribution in [3.8, 4) is 0 Å². The molecule has 2 aromatic rings. The van der Waals surface area contributed by atoms with Crippen LogP contribution in [0.2, 0.25) is 0 Å². The maximum absolute atomic E-state index is 12.7. The number of nitrogens with one attached hydrogen (secondary N) is 1. The predicted octanol–water partition coefficient (Wildman–Crippen LogP) is 2.73. The number of benzene rings is 1. The van der Waals surface area contributed by atoms with Gasteiger partial charge in [-0.3, -0.25) is 9.59 Å². The van der Waals surface area contributed by atoms with Gasteiger partial charge < -0.3 is 19.5 Å². The van der Waals surface area contributed by atoms with E-state index in [-0.39, 0.29) is 17.7 Å². The highest BCUT2D eigenvalue weighted by Gasteiger charge is 2.34. The van der Waals surface area contributed by atoms with E-state index in [1.54, 1.807) is 12.0 Å². The predicted molar refractivity (Wildman–Crippen MR) is 102 cm³/mol. The molecule has 1 aliphatic rings. The lowest BCUT2D eigenvalue weighted by Crippen LogP contribution is -2.31. The number of fused-ring (bicyclic) bond motifs is 1. The number of carbonyl (C=O) groups is 2. The Bertz CT molecular complexity index is 797. The number of hydrogen-bond acceptors (Lipinski definition) is 3. The van der Waals surface area contributed by atoms with E-state index >= 15 is 0 Å². The highest BCUT2D eigenvalue weighted by molar-refractivity contribution is 6.03. The second kappa shape index (κ2) is 7.91. The lowest BCUT2D eigenvalue weighted by atomic mass is 10.1. The molecule has 2 heterocycles.